The fraction of sp³-hybridized carbons (Fsp3) is 0.708. The third-order valence-corrected chi connectivity index (χ3v) is 6.63. The topological polar surface area (TPSA) is 58.6 Å². The predicted octanol–water partition coefficient (Wildman–Crippen LogP) is 3.51. The molecule has 0 spiro atoms. The number of guanidine groups is 1. The van der Waals surface area contributed by atoms with Gasteiger partial charge in [-0.1, -0.05) is 0 Å². The van der Waals surface area contributed by atoms with Gasteiger partial charge in [0.1, 0.15) is 11.5 Å². The standard InChI is InChI=1S/C24H38N4O3.HI/c1-3-25-24(28-11-10-20(18-28)27-12-14-30-15-13-27)26-17-19-8-9-22(29-2)16-23(19)31-21-6-4-5-7-21;/h8-9,16,20-21H,3-7,10-15,17-18H2,1-2H3,(H,25,26);1H. The van der Waals surface area contributed by atoms with Crippen LogP contribution >= 0.6 is 24.0 Å². The Hall–Kier alpha value is -1.26. The number of hydrogen-bond acceptors (Lipinski definition) is 5. The molecule has 7 nitrogen and oxygen atoms in total. The van der Waals surface area contributed by atoms with Crippen LogP contribution in [-0.4, -0.2) is 81.0 Å². The summed E-state index contributed by atoms with van der Waals surface area (Å²) in [4.78, 5) is 9.98. The number of morpholine rings is 1. The third kappa shape index (κ3) is 6.63. The molecule has 1 N–H and O–H groups in total. The van der Waals surface area contributed by atoms with E-state index in [0.717, 1.165) is 81.8 Å². The van der Waals surface area contributed by atoms with Gasteiger partial charge in [-0.2, -0.15) is 0 Å². The first-order valence-electron chi connectivity index (χ1n) is 12.0. The van der Waals surface area contributed by atoms with E-state index in [1.807, 2.05) is 12.1 Å². The van der Waals surface area contributed by atoms with Crippen molar-refractivity contribution in [2.24, 2.45) is 4.99 Å². The fourth-order valence-corrected chi connectivity index (χ4v) is 4.85. The molecule has 0 radical (unpaired) electrons. The molecule has 180 valence electrons. The summed E-state index contributed by atoms with van der Waals surface area (Å²) in [5, 5.41) is 3.50. The lowest BCUT2D eigenvalue weighted by molar-refractivity contribution is 0.0195. The SMILES string of the molecule is CCNC(=NCc1ccc(OC)cc1OC1CCCC1)N1CCC(N2CCOCC2)C1.I. The number of aliphatic imine (C=N–C) groups is 1. The van der Waals surface area contributed by atoms with Crippen LogP contribution in [0.5, 0.6) is 11.5 Å². The number of rotatable bonds is 7. The van der Waals surface area contributed by atoms with Crippen LogP contribution < -0.4 is 14.8 Å². The summed E-state index contributed by atoms with van der Waals surface area (Å²) in [6.45, 7) is 9.46. The molecule has 2 saturated heterocycles. The molecule has 0 amide bonds. The molecule has 1 aliphatic carbocycles. The Morgan fingerprint density at radius 3 is 2.66 bits per heavy atom. The van der Waals surface area contributed by atoms with Gasteiger partial charge >= 0.3 is 0 Å². The summed E-state index contributed by atoms with van der Waals surface area (Å²) in [5.74, 6) is 2.75. The van der Waals surface area contributed by atoms with E-state index in [4.69, 9.17) is 19.2 Å². The Morgan fingerprint density at radius 2 is 1.94 bits per heavy atom. The predicted molar refractivity (Wildman–Crippen MR) is 138 cm³/mol. The molecular weight excluding hydrogens is 519 g/mol. The Bertz CT molecular complexity index is 736. The molecule has 1 aromatic rings. The lowest BCUT2D eigenvalue weighted by Gasteiger charge is -2.32. The van der Waals surface area contributed by atoms with E-state index in [1.165, 1.54) is 19.3 Å². The number of likely N-dealkylation sites (tertiary alicyclic amines) is 1. The number of methoxy groups -OCH3 is 1. The van der Waals surface area contributed by atoms with Crippen LogP contribution in [0, 0.1) is 0 Å². The molecule has 2 heterocycles. The van der Waals surface area contributed by atoms with Crippen molar-refractivity contribution in [1.29, 1.82) is 0 Å². The van der Waals surface area contributed by atoms with Crippen LogP contribution in [0.4, 0.5) is 0 Å². The maximum atomic E-state index is 6.36. The number of nitrogens with zero attached hydrogens (tertiary/aromatic N) is 3. The molecule has 3 fully saturated rings. The molecule has 32 heavy (non-hydrogen) atoms. The van der Waals surface area contributed by atoms with Gasteiger partial charge in [-0.25, -0.2) is 4.99 Å². The first-order chi connectivity index (χ1) is 15.3. The molecule has 1 aromatic carbocycles. The van der Waals surface area contributed by atoms with E-state index in [0.29, 0.717) is 18.7 Å². The Morgan fingerprint density at radius 1 is 1.16 bits per heavy atom. The molecule has 2 aliphatic heterocycles. The van der Waals surface area contributed by atoms with Gasteiger partial charge in [0, 0.05) is 50.4 Å². The second kappa shape index (κ2) is 12.8. The summed E-state index contributed by atoms with van der Waals surface area (Å²) in [7, 11) is 1.70. The van der Waals surface area contributed by atoms with Crippen molar-refractivity contribution in [3.8, 4) is 11.5 Å². The molecule has 0 bridgehead atoms. The number of benzene rings is 1. The minimum Gasteiger partial charge on any atom is -0.497 e. The zero-order valence-electron chi connectivity index (χ0n) is 19.6. The van der Waals surface area contributed by atoms with Crippen molar-refractivity contribution in [2.45, 2.75) is 57.7 Å². The largest absolute Gasteiger partial charge is 0.497 e. The Balaban J connectivity index is 0.00000289. The monoisotopic (exact) mass is 558 g/mol. The average Bonchev–Trinajstić information content (AvgIpc) is 3.50. The summed E-state index contributed by atoms with van der Waals surface area (Å²) >= 11 is 0. The zero-order valence-corrected chi connectivity index (χ0v) is 21.9. The van der Waals surface area contributed by atoms with Gasteiger partial charge in [0.15, 0.2) is 5.96 Å². The van der Waals surface area contributed by atoms with Gasteiger partial charge in [0.2, 0.25) is 0 Å². The Kier molecular flexibility index (Phi) is 10.2. The van der Waals surface area contributed by atoms with Crippen molar-refractivity contribution in [3.63, 3.8) is 0 Å². The lowest BCUT2D eigenvalue weighted by Crippen LogP contribution is -2.46. The first-order valence-corrected chi connectivity index (χ1v) is 12.0. The second-order valence-electron chi connectivity index (χ2n) is 8.70. The van der Waals surface area contributed by atoms with Crippen molar-refractivity contribution in [3.05, 3.63) is 23.8 Å². The van der Waals surface area contributed by atoms with Gasteiger partial charge in [-0.3, -0.25) is 4.90 Å². The fourth-order valence-electron chi connectivity index (χ4n) is 4.85. The van der Waals surface area contributed by atoms with Gasteiger partial charge in [-0.15, -0.1) is 24.0 Å². The molecular formula is C24H39IN4O3. The van der Waals surface area contributed by atoms with Crippen molar-refractivity contribution >= 4 is 29.9 Å². The van der Waals surface area contributed by atoms with E-state index in [-0.39, 0.29) is 24.0 Å². The van der Waals surface area contributed by atoms with Crippen molar-refractivity contribution < 1.29 is 14.2 Å². The van der Waals surface area contributed by atoms with E-state index in [2.05, 4.69) is 28.1 Å². The van der Waals surface area contributed by atoms with Crippen LogP contribution in [0.25, 0.3) is 0 Å². The maximum Gasteiger partial charge on any atom is 0.194 e. The molecule has 1 unspecified atom stereocenters. The van der Waals surface area contributed by atoms with E-state index < -0.39 is 0 Å². The minimum absolute atomic E-state index is 0. The van der Waals surface area contributed by atoms with Crippen molar-refractivity contribution in [1.82, 2.24) is 15.1 Å². The Labute approximate surface area is 209 Å². The molecule has 3 aliphatic rings. The molecule has 1 saturated carbocycles. The summed E-state index contributed by atoms with van der Waals surface area (Å²) in [5.41, 5.74) is 1.12. The van der Waals surface area contributed by atoms with Gasteiger partial charge < -0.3 is 24.4 Å². The van der Waals surface area contributed by atoms with Crippen LogP contribution in [0.2, 0.25) is 0 Å². The van der Waals surface area contributed by atoms with Crippen LogP contribution in [-0.2, 0) is 11.3 Å². The molecule has 0 aromatic heterocycles. The highest BCUT2D eigenvalue weighted by molar-refractivity contribution is 14.0. The average molecular weight is 559 g/mol. The number of hydrogen-bond donors (Lipinski definition) is 1. The first kappa shape index (κ1) is 25.4. The number of halogens is 1. The van der Waals surface area contributed by atoms with Crippen molar-refractivity contribution in [2.75, 3.05) is 53.0 Å². The van der Waals surface area contributed by atoms with E-state index in [1.54, 1.807) is 7.11 Å². The molecule has 4 rings (SSSR count). The van der Waals surface area contributed by atoms with Crippen LogP contribution in [0.3, 0.4) is 0 Å². The van der Waals surface area contributed by atoms with Crippen LogP contribution in [0.1, 0.15) is 44.6 Å². The van der Waals surface area contributed by atoms with E-state index >= 15 is 0 Å². The summed E-state index contributed by atoms with van der Waals surface area (Å²) < 4.78 is 17.3. The molecule has 8 heteroatoms. The highest BCUT2D eigenvalue weighted by Crippen LogP contribution is 2.30. The maximum absolute atomic E-state index is 6.36. The van der Waals surface area contributed by atoms with Gasteiger partial charge in [0.05, 0.1) is 33.0 Å². The van der Waals surface area contributed by atoms with E-state index in [9.17, 15) is 0 Å². The van der Waals surface area contributed by atoms with Gasteiger partial charge in [0.25, 0.3) is 0 Å². The second-order valence-corrected chi connectivity index (χ2v) is 8.70. The summed E-state index contributed by atoms with van der Waals surface area (Å²) in [6.07, 6.45) is 6.29. The third-order valence-electron chi connectivity index (χ3n) is 6.63. The quantitative estimate of drug-likeness (QED) is 0.314. The smallest absolute Gasteiger partial charge is 0.194 e. The lowest BCUT2D eigenvalue weighted by atomic mass is 10.2. The highest BCUT2D eigenvalue weighted by Gasteiger charge is 2.30. The summed E-state index contributed by atoms with van der Waals surface area (Å²) in [6, 6.07) is 6.70. The van der Waals surface area contributed by atoms with Crippen LogP contribution in [0.15, 0.2) is 23.2 Å². The number of nitrogens with one attached hydrogen (secondary N) is 1. The normalized spacial score (nSPS) is 22.6. The molecule has 1 atom stereocenters. The highest BCUT2D eigenvalue weighted by atomic mass is 127. The zero-order chi connectivity index (χ0) is 21.5. The van der Waals surface area contributed by atoms with Gasteiger partial charge in [-0.05, 0) is 51.2 Å². The number of ether oxygens (including phenoxy) is 3. The minimum atomic E-state index is 0.